The Bertz CT molecular complexity index is 922. The third kappa shape index (κ3) is 3.83. The molecule has 2 aromatic carbocycles. The van der Waals surface area contributed by atoms with E-state index in [9.17, 15) is 4.79 Å². The molecule has 0 spiro atoms. The van der Waals surface area contributed by atoms with Gasteiger partial charge in [-0.15, -0.1) is 0 Å². The number of benzene rings is 2. The number of fused-ring (bicyclic) bond motifs is 2. The van der Waals surface area contributed by atoms with Crippen molar-refractivity contribution in [2.75, 3.05) is 17.6 Å². The topological polar surface area (TPSA) is 80.0 Å². The van der Waals surface area contributed by atoms with Gasteiger partial charge in [-0.3, -0.25) is 15.1 Å². The van der Waals surface area contributed by atoms with Crippen LogP contribution in [-0.4, -0.2) is 17.4 Å². The molecule has 4 N–H and O–H groups in total. The molecule has 0 saturated heterocycles. The largest absolute Gasteiger partial charge is 0.397 e. The number of carbonyl (C=O) groups is 1. The Hall–Kier alpha value is -3.18. The summed E-state index contributed by atoms with van der Waals surface area (Å²) < 4.78 is 0. The third-order valence-electron chi connectivity index (χ3n) is 4.91. The number of hydrogen-bond donors (Lipinski definition) is 3. The van der Waals surface area contributed by atoms with Crippen LogP contribution in [0.3, 0.4) is 0 Å². The van der Waals surface area contributed by atoms with Gasteiger partial charge in [0.05, 0.1) is 30.2 Å². The van der Waals surface area contributed by atoms with E-state index >= 15 is 0 Å². The molecule has 5 heteroatoms. The fraction of sp³-hybridized carbons (Fsp3) is 0.182. The molecule has 0 radical (unpaired) electrons. The van der Waals surface area contributed by atoms with E-state index in [1.165, 1.54) is 22.3 Å². The maximum absolute atomic E-state index is 12.4. The molecule has 1 aliphatic carbocycles. The van der Waals surface area contributed by atoms with Gasteiger partial charge >= 0.3 is 0 Å². The second kappa shape index (κ2) is 7.60. The van der Waals surface area contributed by atoms with Crippen LogP contribution in [0.25, 0.3) is 0 Å². The van der Waals surface area contributed by atoms with Crippen LogP contribution in [-0.2, 0) is 17.6 Å². The van der Waals surface area contributed by atoms with Gasteiger partial charge in [-0.2, -0.15) is 0 Å². The minimum absolute atomic E-state index is 0.00961. The van der Waals surface area contributed by atoms with E-state index in [4.69, 9.17) is 5.73 Å². The van der Waals surface area contributed by atoms with Gasteiger partial charge in [0.25, 0.3) is 0 Å². The minimum Gasteiger partial charge on any atom is -0.397 e. The van der Waals surface area contributed by atoms with Crippen LogP contribution in [0.4, 0.5) is 11.4 Å². The Kier molecular flexibility index (Phi) is 4.85. The van der Waals surface area contributed by atoms with Crippen molar-refractivity contribution in [1.82, 2.24) is 10.3 Å². The van der Waals surface area contributed by atoms with Crippen LogP contribution in [0.5, 0.6) is 0 Å². The number of nitrogens with zero attached hydrogens (tertiary/aromatic N) is 1. The molecule has 0 unspecified atom stereocenters. The highest BCUT2D eigenvalue weighted by atomic mass is 16.1. The number of amides is 1. The number of anilines is 2. The molecular formula is C22H22N4O. The molecule has 0 fully saturated rings. The molecule has 0 aliphatic heterocycles. The van der Waals surface area contributed by atoms with Crippen molar-refractivity contribution in [3.8, 4) is 0 Å². The number of pyridine rings is 1. The number of hydrogen-bond acceptors (Lipinski definition) is 4. The van der Waals surface area contributed by atoms with Crippen LogP contribution in [0, 0.1) is 0 Å². The van der Waals surface area contributed by atoms with Gasteiger partial charge in [0, 0.05) is 6.20 Å². The summed E-state index contributed by atoms with van der Waals surface area (Å²) in [4.78, 5) is 16.4. The number of aromatic nitrogens is 1. The van der Waals surface area contributed by atoms with E-state index in [0.717, 1.165) is 12.8 Å². The molecule has 0 bridgehead atoms. The van der Waals surface area contributed by atoms with Crippen LogP contribution in [0.15, 0.2) is 67.0 Å². The Morgan fingerprint density at radius 2 is 1.63 bits per heavy atom. The molecule has 1 aliphatic rings. The average Bonchev–Trinajstić information content (AvgIpc) is 2.83. The Labute approximate surface area is 158 Å². The average molecular weight is 358 g/mol. The van der Waals surface area contributed by atoms with Crippen molar-refractivity contribution in [2.24, 2.45) is 0 Å². The first-order valence-electron chi connectivity index (χ1n) is 9.10. The number of nitrogen functional groups attached to an aromatic ring is 1. The normalized spacial score (nSPS) is 13.3. The number of carbonyl (C=O) groups excluding carboxylic acids is 1. The number of nitrogens with one attached hydrogen (secondary N) is 2. The van der Waals surface area contributed by atoms with Gasteiger partial charge in [0.15, 0.2) is 0 Å². The zero-order valence-corrected chi connectivity index (χ0v) is 15.0. The molecular weight excluding hydrogens is 336 g/mol. The van der Waals surface area contributed by atoms with E-state index in [1.54, 1.807) is 18.5 Å². The molecule has 1 aromatic heterocycles. The van der Waals surface area contributed by atoms with Crippen molar-refractivity contribution in [2.45, 2.75) is 18.9 Å². The predicted molar refractivity (Wildman–Crippen MR) is 107 cm³/mol. The van der Waals surface area contributed by atoms with Gasteiger partial charge in [-0.1, -0.05) is 48.5 Å². The highest BCUT2D eigenvalue weighted by molar-refractivity contribution is 5.92. The maximum atomic E-state index is 12.4. The summed E-state index contributed by atoms with van der Waals surface area (Å²) in [5.41, 5.74) is 12.0. The summed E-state index contributed by atoms with van der Waals surface area (Å²) in [7, 11) is 0. The van der Waals surface area contributed by atoms with Gasteiger partial charge < -0.3 is 11.1 Å². The molecule has 0 saturated carbocycles. The smallest absolute Gasteiger partial charge is 0.238 e. The minimum atomic E-state index is -0.124. The Morgan fingerprint density at radius 1 is 1.00 bits per heavy atom. The van der Waals surface area contributed by atoms with E-state index in [0.29, 0.717) is 11.4 Å². The van der Waals surface area contributed by atoms with Gasteiger partial charge in [0.1, 0.15) is 0 Å². The summed E-state index contributed by atoms with van der Waals surface area (Å²) in [6.07, 6.45) is 5.15. The van der Waals surface area contributed by atoms with Gasteiger partial charge in [-0.25, -0.2) is 0 Å². The van der Waals surface area contributed by atoms with Gasteiger partial charge in [-0.05, 0) is 41.2 Å². The fourth-order valence-corrected chi connectivity index (χ4v) is 3.67. The lowest BCUT2D eigenvalue weighted by Gasteiger charge is -2.21. The molecule has 136 valence electrons. The second-order valence-corrected chi connectivity index (χ2v) is 6.77. The highest BCUT2D eigenvalue weighted by Crippen LogP contribution is 2.32. The van der Waals surface area contributed by atoms with Crippen molar-refractivity contribution < 1.29 is 4.79 Å². The lowest BCUT2D eigenvalue weighted by molar-refractivity contribution is -0.115. The SMILES string of the molecule is Nc1cncc(NC(=O)CNC2c3ccccc3CCc3ccccc32)c1. The molecule has 1 amide bonds. The first-order chi connectivity index (χ1) is 13.2. The van der Waals surface area contributed by atoms with E-state index in [-0.39, 0.29) is 18.5 Å². The maximum Gasteiger partial charge on any atom is 0.238 e. The quantitative estimate of drug-likeness (QED) is 0.670. The van der Waals surface area contributed by atoms with Gasteiger partial charge in [0.2, 0.25) is 5.91 Å². The lowest BCUT2D eigenvalue weighted by atomic mass is 9.94. The van der Waals surface area contributed by atoms with Crippen LogP contribution in [0.2, 0.25) is 0 Å². The van der Waals surface area contributed by atoms with Crippen molar-refractivity contribution in [3.63, 3.8) is 0 Å². The van der Waals surface area contributed by atoms with Crippen LogP contribution < -0.4 is 16.4 Å². The Morgan fingerprint density at radius 3 is 2.26 bits per heavy atom. The summed E-state index contributed by atoms with van der Waals surface area (Å²) in [5.74, 6) is -0.124. The number of nitrogens with two attached hydrogens (primary N) is 1. The molecule has 27 heavy (non-hydrogen) atoms. The van der Waals surface area contributed by atoms with Crippen molar-refractivity contribution >= 4 is 17.3 Å². The van der Waals surface area contributed by atoms with Crippen LogP contribution >= 0.6 is 0 Å². The summed E-state index contributed by atoms with van der Waals surface area (Å²) >= 11 is 0. The van der Waals surface area contributed by atoms with E-state index < -0.39 is 0 Å². The second-order valence-electron chi connectivity index (χ2n) is 6.77. The number of rotatable bonds is 4. The molecule has 0 atom stereocenters. The van der Waals surface area contributed by atoms with Crippen LogP contribution in [0.1, 0.15) is 28.3 Å². The zero-order chi connectivity index (χ0) is 18.6. The first-order valence-corrected chi connectivity index (χ1v) is 9.10. The van der Waals surface area contributed by atoms with E-state index in [1.807, 2.05) is 0 Å². The molecule has 1 heterocycles. The Balaban J connectivity index is 1.55. The molecule has 4 rings (SSSR count). The number of aryl methyl sites for hydroxylation is 2. The summed E-state index contributed by atoms with van der Waals surface area (Å²) in [5, 5.41) is 6.29. The molecule has 5 nitrogen and oxygen atoms in total. The van der Waals surface area contributed by atoms with Crippen molar-refractivity contribution in [1.29, 1.82) is 0 Å². The standard InChI is InChI=1S/C22H22N4O/c23-17-11-18(13-24-12-17)26-21(27)14-25-22-19-7-3-1-5-15(19)9-10-16-6-2-4-8-20(16)22/h1-8,11-13,22,25H,9-10,14,23H2,(H,26,27). The molecule has 3 aromatic rings. The predicted octanol–water partition coefficient (Wildman–Crippen LogP) is 3.08. The first kappa shape index (κ1) is 17.2. The third-order valence-corrected chi connectivity index (χ3v) is 4.91. The summed E-state index contributed by atoms with van der Waals surface area (Å²) in [6.45, 7) is 0.197. The zero-order valence-electron chi connectivity index (χ0n) is 15.0. The lowest BCUT2D eigenvalue weighted by Crippen LogP contribution is -2.32. The van der Waals surface area contributed by atoms with E-state index in [2.05, 4.69) is 64.1 Å². The van der Waals surface area contributed by atoms with Crippen molar-refractivity contribution in [3.05, 3.63) is 89.2 Å². The monoisotopic (exact) mass is 358 g/mol. The summed E-state index contributed by atoms with van der Waals surface area (Å²) in [6, 6.07) is 18.6. The highest BCUT2D eigenvalue weighted by Gasteiger charge is 2.23. The fourth-order valence-electron chi connectivity index (χ4n) is 3.67.